The Morgan fingerprint density at radius 2 is 2.03 bits per heavy atom. The second kappa shape index (κ2) is 10.1. The second-order valence-electron chi connectivity index (χ2n) is 8.51. The van der Waals surface area contributed by atoms with E-state index in [9.17, 15) is 14.4 Å². The van der Waals surface area contributed by atoms with Crippen molar-refractivity contribution in [2.75, 3.05) is 17.3 Å². The van der Waals surface area contributed by atoms with Crippen LogP contribution in [0.2, 0.25) is 0 Å². The molecule has 0 spiro atoms. The predicted molar refractivity (Wildman–Crippen MR) is 131 cm³/mol. The number of nitrogens with zero attached hydrogens (tertiary/aromatic N) is 4. The summed E-state index contributed by atoms with van der Waals surface area (Å²) < 4.78 is 1.72. The molecule has 0 bridgehead atoms. The lowest BCUT2D eigenvalue weighted by Gasteiger charge is -2.19. The number of hydrogen-bond donors (Lipinski definition) is 2. The Morgan fingerprint density at radius 3 is 2.71 bits per heavy atom. The third-order valence-electron chi connectivity index (χ3n) is 6.18. The molecule has 34 heavy (non-hydrogen) atoms. The SMILES string of the molecule is CN(C(=O)CC1CCCC1)c1ccc2c(c1)nc(NC(=O)c1ccc(C#N)s1)n2CCC(N)=O. The van der Waals surface area contributed by atoms with Crippen LogP contribution in [0.3, 0.4) is 0 Å². The van der Waals surface area contributed by atoms with E-state index >= 15 is 0 Å². The standard InChI is InChI=1S/C24H26N6O3S/c1-29(22(32)12-15-4-2-3-5-15)16-6-8-19-18(13-16)27-24(30(19)11-10-21(26)31)28-23(33)20-9-7-17(14-25)34-20/h6-9,13,15H,2-5,10-12H2,1H3,(H2,26,31)(H,27,28,33). The molecule has 0 radical (unpaired) electrons. The van der Waals surface area contributed by atoms with Crippen LogP contribution in [0.25, 0.3) is 11.0 Å². The smallest absolute Gasteiger partial charge is 0.268 e. The van der Waals surface area contributed by atoms with E-state index in [0.29, 0.717) is 38.8 Å². The van der Waals surface area contributed by atoms with E-state index in [1.54, 1.807) is 34.7 Å². The lowest BCUT2D eigenvalue weighted by Crippen LogP contribution is -2.27. The largest absolute Gasteiger partial charge is 0.370 e. The zero-order valence-corrected chi connectivity index (χ0v) is 19.7. The number of rotatable bonds is 8. The van der Waals surface area contributed by atoms with Gasteiger partial charge in [-0.05, 0) is 49.1 Å². The minimum atomic E-state index is -0.468. The van der Waals surface area contributed by atoms with Gasteiger partial charge in [0.15, 0.2) is 0 Å². The molecule has 0 atom stereocenters. The van der Waals surface area contributed by atoms with E-state index in [1.807, 2.05) is 18.2 Å². The molecule has 1 aromatic carbocycles. The van der Waals surface area contributed by atoms with Crippen LogP contribution in [0.5, 0.6) is 0 Å². The molecule has 0 unspecified atom stereocenters. The van der Waals surface area contributed by atoms with E-state index in [1.165, 1.54) is 12.8 Å². The molecule has 1 aliphatic rings. The van der Waals surface area contributed by atoms with Gasteiger partial charge in [-0.15, -0.1) is 11.3 Å². The summed E-state index contributed by atoms with van der Waals surface area (Å²) in [5.74, 6) is -0.0763. The number of thiophene rings is 1. The number of fused-ring (bicyclic) bond motifs is 1. The van der Waals surface area contributed by atoms with Crippen LogP contribution in [0.4, 0.5) is 11.6 Å². The fourth-order valence-electron chi connectivity index (χ4n) is 4.30. The monoisotopic (exact) mass is 478 g/mol. The van der Waals surface area contributed by atoms with Crippen LogP contribution >= 0.6 is 11.3 Å². The van der Waals surface area contributed by atoms with Gasteiger partial charge in [0.25, 0.3) is 5.91 Å². The van der Waals surface area contributed by atoms with E-state index < -0.39 is 11.8 Å². The van der Waals surface area contributed by atoms with Crippen LogP contribution in [0.15, 0.2) is 30.3 Å². The first-order valence-corrected chi connectivity index (χ1v) is 12.0. The summed E-state index contributed by atoms with van der Waals surface area (Å²) in [6.45, 7) is 0.241. The summed E-state index contributed by atoms with van der Waals surface area (Å²) in [5, 5.41) is 11.8. The normalized spacial score (nSPS) is 13.6. The molecule has 2 heterocycles. The topological polar surface area (TPSA) is 134 Å². The highest BCUT2D eigenvalue weighted by atomic mass is 32.1. The number of imidazole rings is 1. The number of benzene rings is 1. The Hall–Kier alpha value is -3.71. The van der Waals surface area contributed by atoms with Crippen molar-refractivity contribution in [3.05, 3.63) is 40.1 Å². The van der Waals surface area contributed by atoms with Crippen molar-refractivity contribution in [1.82, 2.24) is 9.55 Å². The number of carbonyl (C=O) groups excluding carboxylic acids is 3. The van der Waals surface area contributed by atoms with Gasteiger partial charge >= 0.3 is 0 Å². The van der Waals surface area contributed by atoms with Crippen LogP contribution in [-0.4, -0.2) is 34.3 Å². The van der Waals surface area contributed by atoms with Crippen LogP contribution in [-0.2, 0) is 16.1 Å². The Morgan fingerprint density at radius 1 is 1.26 bits per heavy atom. The first-order chi connectivity index (χ1) is 16.4. The molecule has 3 N–H and O–H groups in total. The maximum Gasteiger partial charge on any atom is 0.268 e. The molecular weight excluding hydrogens is 452 g/mol. The van der Waals surface area contributed by atoms with Gasteiger partial charge in [0.1, 0.15) is 10.9 Å². The summed E-state index contributed by atoms with van der Waals surface area (Å²) in [7, 11) is 1.76. The van der Waals surface area contributed by atoms with E-state index in [0.717, 1.165) is 24.2 Å². The Labute approximate surface area is 201 Å². The van der Waals surface area contributed by atoms with Crippen LogP contribution in [0.1, 0.15) is 53.1 Å². The lowest BCUT2D eigenvalue weighted by atomic mass is 10.0. The number of primary amides is 1. The number of anilines is 2. The number of aromatic nitrogens is 2. The minimum absolute atomic E-state index is 0.0685. The van der Waals surface area contributed by atoms with E-state index in [2.05, 4.69) is 10.3 Å². The predicted octanol–water partition coefficient (Wildman–Crippen LogP) is 3.64. The highest BCUT2D eigenvalue weighted by molar-refractivity contribution is 7.14. The molecular formula is C24H26N6O3S. The number of aryl methyl sites for hydroxylation is 1. The fraction of sp³-hybridized carbons (Fsp3) is 0.375. The molecule has 176 valence electrons. The van der Waals surface area contributed by atoms with Gasteiger partial charge in [-0.3, -0.25) is 19.7 Å². The van der Waals surface area contributed by atoms with E-state index in [4.69, 9.17) is 11.0 Å². The zero-order chi connectivity index (χ0) is 24.2. The molecule has 3 amide bonds. The Kier molecular flexibility index (Phi) is 6.93. The maximum atomic E-state index is 12.8. The average molecular weight is 479 g/mol. The van der Waals surface area contributed by atoms with E-state index in [-0.39, 0.29) is 24.8 Å². The average Bonchev–Trinajstić information content (AvgIpc) is 3.56. The van der Waals surface area contributed by atoms with Crippen LogP contribution in [0, 0.1) is 17.2 Å². The number of nitriles is 1. The summed E-state index contributed by atoms with van der Waals surface area (Å²) in [5.41, 5.74) is 7.35. The van der Waals surface area contributed by atoms with Gasteiger partial charge in [-0.2, -0.15) is 5.26 Å². The molecule has 3 aromatic rings. The van der Waals surface area contributed by atoms with Crippen molar-refractivity contribution in [1.29, 1.82) is 5.26 Å². The molecule has 1 aliphatic carbocycles. The lowest BCUT2D eigenvalue weighted by molar-refractivity contribution is -0.119. The maximum absolute atomic E-state index is 12.8. The van der Waals surface area contributed by atoms with Gasteiger partial charge in [0.2, 0.25) is 17.8 Å². The number of nitrogens with two attached hydrogens (primary N) is 1. The number of nitrogens with one attached hydrogen (secondary N) is 1. The van der Waals surface area contributed by atoms with Crippen molar-refractivity contribution in [3.8, 4) is 6.07 Å². The second-order valence-corrected chi connectivity index (χ2v) is 9.60. The highest BCUT2D eigenvalue weighted by Crippen LogP contribution is 2.30. The van der Waals surface area contributed by atoms with Gasteiger partial charge in [-0.25, -0.2) is 4.98 Å². The summed E-state index contributed by atoms with van der Waals surface area (Å²) in [6, 6.07) is 10.6. The van der Waals surface area contributed by atoms with Crippen molar-refractivity contribution in [2.45, 2.75) is 45.1 Å². The summed E-state index contributed by atoms with van der Waals surface area (Å²) in [4.78, 5) is 44.0. The number of amides is 3. The zero-order valence-electron chi connectivity index (χ0n) is 18.9. The van der Waals surface area contributed by atoms with Crippen molar-refractivity contribution >= 4 is 51.7 Å². The molecule has 0 aliphatic heterocycles. The summed E-state index contributed by atoms with van der Waals surface area (Å²) in [6.07, 6.45) is 5.20. The molecule has 4 rings (SSSR count). The first kappa shape index (κ1) is 23.4. The number of hydrogen-bond acceptors (Lipinski definition) is 6. The van der Waals surface area contributed by atoms with Crippen LogP contribution < -0.4 is 16.0 Å². The summed E-state index contributed by atoms with van der Waals surface area (Å²) >= 11 is 1.09. The van der Waals surface area contributed by atoms with Gasteiger partial charge < -0.3 is 15.2 Å². The van der Waals surface area contributed by atoms with Crippen molar-refractivity contribution in [2.24, 2.45) is 11.7 Å². The number of carbonyl (C=O) groups is 3. The molecule has 2 aromatic heterocycles. The van der Waals surface area contributed by atoms with Crippen molar-refractivity contribution < 1.29 is 14.4 Å². The van der Waals surface area contributed by atoms with Gasteiger partial charge in [0.05, 0.1) is 15.9 Å². The third kappa shape index (κ3) is 5.10. The minimum Gasteiger partial charge on any atom is -0.370 e. The molecule has 1 fully saturated rings. The quantitative estimate of drug-likeness (QED) is 0.510. The fourth-order valence-corrected chi connectivity index (χ4v) is 4.99. The molecule has 9 nitrogen and oxygen atoms in total. The third-order valence-corrected chi connectivity index (χ3v) is 7.17. The van der Waals surface area contributed by atoms with Crippen molar-refractivity contribution in [3.63, 3.8) is 0 Å². The molecule has 10 heteroatoms. The first-order valence-electron chi connectivity index (χ1n) is 11.2. The van der Waals surface area contributed by atoms with Gasteiger partial charge in [-0.1, -0.05) is 12.8 Å². The molecule has 0 saturated heterocycles. The Balaban J connectivity index is 1.61. The Bertz CT molecular complexity index is 1280. The van der Waals surface area contributed by atoms with Gasteiger partial charge in [0, 0.05) is 32.1 Å². The highest BCUT2D eigenvalue weighted by Gasteiger charge is 2.22. The molecule has 1 saturated carbocycles.